The Bertz CT molecular complexity index is 530. The van der Waals surface area contributed by atoms with Crippen LogP contribution in [0.2, 0.25) is 0 Å². The SMILES string of the molecule is CSc1nc(C)c(CCC(=O)N(C)C2CCC(C)CC2)c(C)n1. The summed E-state index contributed by atoms with van der Waals surface area (Å²) in [5, 5.41) is 0.809. The third kappa shape index (κ3) is 4.69. The van der Waals surface area contributed by atoms with Gasteiger partial charge in [0.1, 0.15) is 0 Å². The maximum absolute atomic E-state index is 12.5. The highest BCUT2D eigenvalue weighted by atomic mass is 32.2. The van der Waals surface area contributed by atoms with E-state index in [2.05, 4.69) is 16.9 Å². The Labute approximate surface area is 144 Å². The fourth-order valence-corrected chi connectivity index (χ4v) is 3.86. The summed E-state index contributed by atoms with van der Waals surface area (Å²) in [6.07, 6.45) is 8.04. The summed E-state index contributed by atoms with van der Waals surface area (Å²) >= 11 is 1.56. The van der Waals surface area contributed by atoms with Gasteiger partial charge in [-0.25, -0.2) is 9.97 Å². The average Bonchev–Trinajstić information content (AvgIpc) is 2.53. The van der Waals surface area contributed by atoms with Crippen molar-refractivity contribution in [1.29, 1.82) is 0 Å². The summed E-state index contributed by atoms with van der Waals surface area (Å²) in [6.45, 7) is 6.34. The zero-order valence-corrected chi connectivity index (χ0v) is 15.9. The topological polar surface area (TPSA) is 46.1 Å². The number of rotatable bonds is 5. The molecule has 0 radical (unpaired) electrons. The van der Waals surface area contributed by atoms with Crippen molar-refractivity contribution >= 4 is 17.7 Å². The van der Waals surface area contributed by atoms with Gasteiger partial charge in [0.25, 0.3) is 0 Å². The quantitative estimate of drug-likeness (QED) is 0.607. The summed E-state index contributed by atoms with van der Waals surface area (Å²) < 4.78 is 0. The molecule has 128 valence electrons. The summed E-state index contributed by atoms with van der Waals surface area (Å²) in [5.41, 5.74) is 3.13. The molecule has 0 spiro atoms. The molecule has 1 heterocycles. The van der Waals surface area contributed by atoms with E-state index < -0.39 is 0 Å². The highest BCUT2D eigenvalue weighted by molar-refractivity contribution is 7.98. The van der Waals surface area contributed by atoms with E-state index in [-0.39, 0.29) is 5.91 Å². The smallest absolute Gasteiger partial charge is 0.222 e. The molecule has 5 heteroatoms. The third-order valence-electron chi connectivity index (χ3n) is 5.10. The van der Waals surface area contributed by atoms with Crippen LogP contribution in [0.1, 0.15) is 56.0 Å². The van der Waals surface area contributed by atoms with Crippen LogP contribution in [-0.2, 0) is 11.2 Å². The molecule has 1 aromatic heterocycles. The van der Waals surface area contributed by atoms with Gasteiger partial charge in [-0.15, -0.1) is 0 Å². The predicted octanol–water partition coefficient (Wildman–Crippen LogP) is 3.79. The van der Waals surface area contributed by atoms with Crippen molar-refractivity contribution in [2.75, 3.05) is 13.3 Å². The minimum atomic E-state index is 0.247. The number of aryl methyl sites for hydroxylation is 2. The van der Waals surface area contributed by atoms with E-state index in [1.165, 1.54) is 12.8 Å². The number of carbonyl (C=O) groups excluding carboxylic acids is 1. The molecule has 0 saturated heterocycles. The van der Waals surface area contributed by atoms with Crippen LogP contribution in [0.15, 0.2) is 5.16 Å². The van der Waals surface area contributed by atoms with Crippen molar-refractivity contribution in [2.45, 2.75) is 70.5 Å². The van der Waals surface area contributed by atoms with Crippen molar-refractivity contribution in [3.8, 4) is 0 Å². The fraction of sp³-hybridized carbons (Fsp3) is 0.722. The number of amides is 1. The summed E-state index contributed by atoms with van der Waals surface area (Å²) in [7, 11) is 1.97. The number of carbonyl (C=O) groups is 1. The van der Waals surface area contributed by atoms with Gasteiger partial charge in [0.2, 0.25) is 5.91 Å². The molecule has 1 amide bonds. The largest absolute Gasteiger partial charge is 0.343 e. The molecule has 1 fully saturated rings. The molecule has 1 aliphatic rings. The Balaban J connectivity index is 1.94. The van der Waals surface area contributed by atoms with Gasteiger partial charge in [-0.3, -0.25) is 4.79 Å². The van der Waals surface area contributed by atoms with Crippen molar-refractivity contribution in [3.05, 3.63) is 17.0 Å². The molecule has 0 bridgehead atoms. The van der Waals surface area contributed by atoms with Crippen molar-refractivity contribution in [1.82, 2.24) is 14.9 Å². The number of aromatic nitrogens is 2. The Morgan fingerprint density at radius 1 is 1.17 bits per heavy atom. The molecule has 0 aliphatic heterocycles. The maximum atomic E-state index is 12.5. The molecule has 4 nitrogen and oxygen atoms in total. The highest BCUT2D eigenvalue weighted by Gasteiger charge is 2.24. The van der Waals surface area contributed by atoms with Crippen LogP contribution in [0.4, 0.5) is 0 Å². The molecule has 1 aromatic rings. The lowest BCUT2D eigenvalue weighted by Crippen LogP contribution is -2.39. The van der Waals surface area contributed by atoms with E-state index in [0.717, 1.165) is 47.3 Å². The van der Waals surface area contributed by atoms with Gasteiger partial charge in [0.05, 0.1) is 0 Å². The van der Waals surface area contributed by atoms with Crippen LogP contribution in [-0.4, -0.2) is 40.1 Å². The van der Waals surface area contributed by atoms with Crippen LogP contribution >= 0.6 is 11.8 Å². The van der Waals surface area contributed by atoms with Crippen LogP contribution in [0, 0.1) is 19.8 Å². The van der Waals surface area contributed by atoms with Gasteiger partial charge in [-0.1, -0.05) is 18.7 Å². The molecule has 23 heavy (non-hydrogen) atoms. The van der Waals surface area contributed by atoms with Crippen molar-refractivity contribution in [2.24, 2.45) is 5.92 Å². The Kier molecular flexibility index (Phi) is 6.45. The highest BCUT2D eigenvalue weighted by Crippen LogP contribution is 2.27. The second-order valence-electron chi connectivity index (χ2n) is 6.78. The average molecular weight is 336 g/mol. The van der Waals surface area contributed by atoms with E-state index in [1.807, 2.05) is 32.1 Å². The number of hydrogen-bond donors (Lipinski definition) is 0. The van der Waals surface area contributed by atoms with Crippen molar-refractivity contribution in [3.63, 3.8) is 0 Å². The normalized spacial score (nSPS) is 21.3. The van der Waals surface area contributed by atoms with Crippen molar-refractivity contribution < 1.29 is 4.79 Å². The summed E-state index contributed by atoms with van der Waals surface area (Å²) in [6, 6.07) is 0.427. The third-order valence-corrected chi connectivity index (χ3v) is 5.65. The van der Waals surface area contributed by atoms with Crippen LogP contribution in [0.5, 0.6) is 0 Å². The lowest BCUT2D eigenvalue weighted by atomic mass is 9.86. The van der Waals surface area contributed by atoms with Crippen LogP contribution < -0.4 is 0 Å². The lowest BCUT2D eigenvalue weighted by molar-refractivity contribution is -0.132. The van der Waals surface area contributed by atoms with E-state index in [0.29, 0.717) is 12.5 Å². The molecule has 2 rings (SSSR count). The van der Waals surface area contributed by atoms with Gasteiger partial charge in [-0.2, -0.15) is 0 Å². The van der Waals surface area contributed by atoms with Gasteiger partial charge in [-0.05, 0) is 63.7 Å². The Morgan fingerprint density at radius 3 is 2.26 bits per heavy atom. The molecule has 0 aromatic carbocycles. The minimum Gasteiger partial charge on any atom is -0.343 e. The van der Waals surface area contributed by atoms with Gasteiger partial charge in [0, 0.05) is 30.9 Å². The predicted molar refractivity (Wildman–Crippen MR) is 95.8 cm³/mol. The Morgan fingerprint density at radius 2 is 1.74 bits per heavy atom. The summed E-state index contributed by atoms with van der Waals surface area (Å²) in [5.74, 6) is 1.06. The van der Waals surface area contributed by atoms with Gasteiger partial charge in [0.15, 0.2) is 5.16 Å². The first-order valence-corrected chi connectivity index (χ1v) is 9.78. The first kappa shape index (κ1) is 18.2. The van der Waals surface area contributed by atoms with E-state index in [9.17, 15) is 4.79 Å². The minimum absolute atomic E-state index is 0.247. The van der Waals surface area contributed by atoms with E-state index in [1.54, 1.807) is 11.8 Å². The molecule has 0 unspecified atom stereocenters. The van der Waals surface area contributed by atoms with E-state index in [4.69, 9.17) is 0 Å². The number of thioether (sulfide) groups is 1. The number of nitrogens with zero attached hydrogens (tertiary/aromatic N) is 3. The van der Waals surface area contributed by atoms with E-state index >= 15 is 0 Å². The molecule has 1 saturated carbocycles. The molecule has 1 aliphatic carbocycles. The van der Waals surface area contributed by atoms with Crippen LogP contribution in [0.25, 0.3) is 0 Å². The lowest BCUT2D eigenvalue weighted by Gasteiger charge is -2.33. The summed E-state index contributed by atoms with van der Waals surface area (Å²) in [4.78, 5) is 23.5. The molecular weight excluding hydrogens is 306 g/mol. The van der Waals surface area contributed by atoms with Crippen LogP contribution in [0.3, 0.4) is 0 Å². The first-order valence-electron chi connectivity index (χ1n) is 8.56. The first-order chi connectivity index (χ1) is 10.9. The molecule has 0 atom stereocenters. The maximum Gasteiger partial charge on any atom is 0.222 e. The van der Waals surface area contributed by atoms with Gasteiger partial charge >= 0.3 is 0 Å². The Hall–Kier alpha value is -1.10. The second kappa shape index (κ2) is 8.13. The second-order valence-corrected chi connectivity index (χ2v) is 7.55. The zero-order valence-electron chi connectivity index (χ0n) is 15.1. The standard InChI is InChI=1S/C18H29N3OS/c1-12-6-8-15(9-7-12)21(4)17(22)11-10-16-13(2)19-18(23-5)20-14(16)3/h12,15H,6-11H2,1-5H3. The zero-order chi connectivity index (χ0) is 17.0. The number of hydrogen-bond acceptors (Lipinski definition) is 4. The van der Waals surface area contributed by atoms with Gasteiger partial charge < -0.3 is 4.90 Å². The monoisotopic (exact) mass is 335 g/mol. The fourth-order valence-electron chi connectivity index (χ4n) is 3.40. The molecular formula is C18H29N3OS. The molecule has 0 N–H and O–H groups in total.